The van der Waals surface area contributed by atoms with Crippen LogP contribution in [-0.4, -0.2) is 37.6 Å². The zero-order chi connectivity index (χ0) is 9.84. The first-order valence-electron chi connectivity index (χ1n) is 5.56. The summed E-state index contributed by atoms with van der Waals surface area (Å²) in [6, 6.07) is 0.732. The van der Waals surface area contributed by atoms with E-state index in [4.69, 9.17) is 0 Å². The van der Waals surface area contributed by atoms with Gasteiger partial charge >= 0.3 is 0 Å². The number of rotatable bonds is 5. The Morgan fingerprint density at radius 1 is 1.38 bits per heavy atom. The van der Waals surface area contributed by atoms with E-state index >= 15 is 0 Å². The van der Waals surface area contributed by atoms with E-state index in [0.717, 1.165) is 17.9 Å². The Bertz CT molecular complexity index is 134. The molecule has 0 radical (unpaired) electrons. The summed E-state index contributed by atoms with van der Waals surface area (Å²) in [6.07, 6.45) is 1.26. The van der Waals surface area contributed by atoms with E-state index < -0.39 is 0 Å². The summed E-state index contributed by atoms with van der Waals surface area (Å²) in [4.78, 5) is 2.49. The number of nitrogens with one attached hydrogen (secondary N) is 1. The van der Waals surface area contributed by atoms with Crippen LogP contribution in [0.2, 0.25) is 0 Å². The molecule has 78 valence electrons. The first kappa shape index (κ1) is 11.0. The zero-order valence-corrected chi connectivity index (χ0v) is 9.51. The molecule has 1 N–H and O–H groups in total. The predicted molar refractivity (Wildman–Crippen MR) is 57.9 cm³/mol. The maximum Gasteiger partial charge on any atom is 0.00613 e. The summed E-state index contributed by atoms with van der Waals surface area (Å²) in [7, 11) is 2.25. The number of nitrogens with zero attached hydrogens (tertiary/aromatic N) is 1. The molecule has 13 heavy (non-hydrogen) atoms. The lowest BCUT2D eigenvalue weighted by atomic mass is 9.88. The van der Waals surface area contributed by atoms with Crippen molar-refractivity contribution in [1.82, 2.24) is 10.2 Å². The molecule has 0 amide bonds. The fraction of sp³-hybridized carbons (Fsp3) is 1.00. The molecule has 0 saturated carbocycles. The minimum absolute atomic E-state index is 0.732. The molecular formula is C11H24N2. The van der Waals surface area contributed by atoms with E-state index in [1.165, 1.54) is 26.1 Å². The van der Waals surface area contributed by atoms with E-state index in [1.54, 1.807) is 0 Å². The van der Waals surface area contributed by atoms with Crippen LogP contribution in [-0.2, 0) is 0 Å². The van der Waals surface area contributed by atoms with E-state index in [-0.39, 0.29) is 0 Å². The minimum Gasteiger partial charge on any atom is -0.316 e. The molecule has 0 aromatic carbocycles. The third-order valence-corrected chi connectivity index (χ3v) is 3.54. The van der Waals surface area contributed by atoms with Crippen molar-refractivity contribution in [3.8, 4) is 0 Å². The van der Waals surface area contributed by atoms with Crippen LogP contribution in [0.3, 0.4) is 0 Å². The molecule has 0 spiro atoms. The van der Waals surface area contributed by atoms with Crippen molar-refractivity contribution in [3.05, 3.63) is 0 Å². The zero-order valence-electron chi connectivity index (χ0n) is 9.51. The van der Waals surface area contributed by atoms with Gasteiger partial charge in [-0.25, -0.2) is 0 Å². The lowest BCUT2D eigenvalue weighted by Gasteiger charge is -2.36. The Hall–Kier alpha value is -0.0800. The molecule has 1 aliphatic heterocycles. The molecule has 2 unspecified atom stereocenters. The lowest BCUT2D eigenvalue weighted by molar-refractivity contribution is 0.157. The molecule has 2 heteroatoms. The monoisotopic (exact) mass is 184 g/mol. The first-order valence-corrected chi connectivity index (χ1v) is 5.56. The van der Waals surface area contributed by atoms with E-state index in [9.17, 15) is 0 Å². The molecule has 1 fully saturated rings. The molecule has 0 aromatic rings. The van der Waals surface area contributed by atoms with Crippen molar-refractivity contribution in [2.24, 2.45) is 11.8 Å². The highest BCUT2D eigenvalue weighted by Gasteiger charge is 2.24. The SMILES string of the molecule is CCC(C)N(C)CC(C)C1CNC1. The average Bonchev–Trinajstić information content (AvgIpc) is 1.99. The van der Waals surface area contributed by atoms with Crippen LogP contribution in [0, 0.1) is 11.8 Å². The van der Waals surface area contributed by atoms with Crippen LogP contribution in [0.5, 0.6) is 0 Å². The number of hydrogen-bond acceptors (Lipinski definition) is 2. The third-order valence-electron chi connectivity index (χ3n) is 3.54. The second-order valence-electron chi connectivity index (χ2n) is 4.59. The summed E-state index contributed by atoms with van der Waals surface area (Å²) in [6.45, 7) is 10.7. The molecule has 2 atom stereocenters. The Morgan fingerprint density at radius 2 is 2.00 bits per heavy atom. The fourth-order valence-electron chi connectivity index (χ4n) is 1.81. The van der Waals surface area contributed by atoms with Crippen LogP contribution in [0.4, 0.5) is 0 Å². The van der Waals surface area contributed by atoms with Gasteiger partial charge in [0.1, 0.15) is 0 Å². The Balaban J connectivity index is 2.21. The minimum atomic E-state index is 0.732. The molecule has 1 heterocycles. The standard InChI is InChI=1S/C11H24N2/c1-5-10(3)13(4)8-9(2)11-6-12-7-11/h9-12H,5-8H2,1-4H3. The van der Waals surface area contributed by atoms with Crippen molar-refractivity contribution in [2.75, 3.05) is 26.7 Å². The normalized spacial score (nSPS) is 22.8. The van der Waals surface area contributed by atoms with Crippen molar-refractivity contribution in [3.63, 3.8) is 0 Å². The maximum atomic E-state index is 3.34. The quantitative estimate of drug-likeness (QED) is 0.698. The third kappa shape index (κ3) is 2.96. The Labute approximate surface area is 82.7 Å². The van der Waals surface area contributed by atoms with Gasteiger partial charge in [-0.15, -0.1) is 0 Å². The van der Waals surface area contributed by atoms with Crippen LogP contribution in [0.15, 0.2) is 0 Å². The van der Waals surface area contributed by atoms with Gasteiger partial charge in [-0.3, -0.25) is 0 Å². The second-order valence-corrected chi connectivity index (χ2v) is 4.59. The summed E-state index contributed by atoms with van der Waals surface area (Å²) >= 11 is 0. The molecule has 0 bridgehead atoms. The van der Waals surface area contributed by atoms with Gasteiger partial charge in [0, 0.05) is 12.6 Å². The molecule has 1 saturated heterocycles. The van der Waals surface area contributed by atoms with Crippen molar-refractivity contribution >= 4 is 0 Å². The highest BCUT2D eigenvalue weighted by atomic mass is 15.1. The molecule has 2 nitrogen and oxygen atoms in total. The van der Waals surface area contributed by atoms with Gasteiger partial charge in [0.2, 0.25) is 0 Å². The van der Waals surface area contributed by atoms with Gasteiger partial charge in [-0.1, -0.05) is 13.8 Å². The van der Waals surface area contributed by atoms with Crippen LogP contribution < -0.4 is 5.32 Å². The van der Waals surface area contributed by atoms with Crippen molar-refractivity contribution < 1.29 is 0 Å². The molecule has 1 rings (SSSR count). The summed E-state index contributed by atoms with van der Waals surface area (Å²) in [5.41, 5.74) is 0. The van der Waals surface area contributed by atoms with Crippen LogP contribution in [0.1, 0.15) is 27.2 Å². The van der Waals surface area contributed by atoms with Crippen molar-refractivity contribution in [2.45, 2.75) is 33.2 Å². The van der Waals surface area contributed by atoms with E-state index in [2.05, 4.69) is 38.0 Å². The van der Waals surface area contributed by atoms with Crippen LogP contribution in [0.25, 0.3) is 0 Å². The van der Waals surface area contributed by atoms with Gasteiger partial charge in [0.15, 0.2) is 0 Å². The van der Waals surface area contributed by atoms with Gasteiger partial charge < -0.3 is 10.2 Å². The smallest absolute Gasteiger partial charge is 0.00613 e. The Kier molecular flexibility index (Phi) is 4.20. The van der Waals surface area contributed by atoms with E-state index in [1.807, 2.05) is 0 Å². The summed E-state index contributed by atoms with van der Waals surface area (Å²) in [5.74, 6) is 1.77. The van der Waals surface area contributed by atoms with Gasteiger partial charge in [-0.05, 0) is 45.3 Å². The maximum absolute atomic E-state index is 3.34. The fourth-order valence-corrected chi connectivity index (χ4v) is 1.81. The summed E-state index contributed by atoms with van der Waals surface area (Å²) in [5, 5.41) is 3.34. The molecule has 1 aliphatic rings. The van der Waals surface area contributed by atoms with Gasteiger partial charge in [-0.2, -0.15) is 0 Å². The lowest BCUT2D eigenvalue weighted by Crippen LogP contribution is -2.48. The highest BCUT2D eigenvalue weighted by molar-refractivity contribution is 4.81. The first-order chi connectivity index (χ1) is 6.15. The number of hydrogen-bond donors (Lipinski definition) is 1. The Morgan fingerprint density at radius 3 is 2.38 bits per heavy atom. The van der Waals surface area contributed by atoms with Crippen molar-refractivity contribution in [1.29, 1.82) is 0 Å². The van der Waals surface area contributed by atoms with Gasteiger partial charge in [0.05, 0.1) is 0 Å². The molecular weight excluding hydrogens is 160 g/mol. The predicted octanol–water partition coefficient (Wildman–Crippen LogP) is 1.57. The second kappa shape index (κ2) is 4.97. The topological polar surface area (TPSA) is 15.3 Å². The molecule has 0 aromatic heterocycles. The average molecular weight is 184 g/mol. The summed E-state index contributed by atoms with van der Waals surface area (Å²) < 4.78 is 0. The van der Waals surface area contributed by atoms with Gasteiger partial charge in [0.25, 0.3) is 0 Å². The largest absolute Gasteiger partial charge is 0.316 e. The van der Waals surface area contributed by atoms with E-state index in [0.29, 0.717) is 0 Å². The van der Waals surface area contributed by atoms with Crippen LogP contribution >= 0.6 is 0 Å². The molecule has 0 aliphatic carbocycles. The highest BCUT2D eigenvalue weighted by Crippen LogP contribution is 2.17.